The van der Waals surface area contributed by atoms with Crippen molar-refractivity contribution in [3.05, 3.63) is 53.6 Å². The highest BCUT2D eigenvalue weighted by molar-refractivity contribution is 5.80. The maximum Gasteiger partial charge on any atom is 0.0452 e. The van der Waals surface area contributed by atoms with Crippen LogP contribution in [0.15, 0.2) is 42.5 Å². The van der Waals surface area contributed by atoms with Crippen LogP contribution < -0.4 is 5.32 Å². The van der Waals surface area contributed by atoms with Crippen molar-refractivity contribution < 1.29 is 0 Å². The van der Waals surface area contributed by atoms with E-state index in [1.165, 1.54) is 40.8 Å². The van der Waals surface area contributed by atoms with E-state index in [0.29, 0.717) is 5.92 Å². The lowest BCUT2D eigenvalue weighted by Gasteiger charge is -2.21. The number of nitrogens with one attached hydrogen (secondary N) is 1. The van der Waals surface area contributed by atoms with E-state index in [-0.39, 0.29) is 0 Å². The highest BCUT2D eigenvalue weighted by atomic mass is 14.9. The lowest BCUT2D eigenvalue weighted by Crippen LogP contribution is -2.12. The molecule has 0 unspecified atom stereocenters. The Balaban J connectivity index is 2.02. The summed E-state index contributed by atoms with van der Waals surface area (Å²) in [5.41, 5.74) is 6.85. The molecule has 98 valence electrons. The molecule has 1 aliphatic rings. The number of hydrogen-bond donors (Lipinski definition) is 1. The summed E-state index contributed by atoms with van der Waals surface area (Å²) in [6.07, 6.45) is 2.43. The number of fused-ring (bicyclic) bond motifs is 1. The lowest BCUT2D eigenvalue weighted by molar-refractivity contribution is 0.831. The summed E-state index contributed by atoms with van der Waals surface area (Å²) in [5, 5.41) is 3.57. The summed E-state index contributed by atoms with van der Waals surface area (Å²) in [6, 6.07) is 15.7. The van der Waals surface area contributed by atoms with E-state index >= 15 is 0 Å². The molecule has 19 heavy (non-hydrogen) atoms. The van der Waals surface area contributed by atoms with E-state index in [9.17, 15) is 0 Å². The quantitative estimate of drug-likeness (QED) is 0.805. The van der Waals surface area contributed by atoms with E-state index < -0.39 is 0 Å². The molecule has 1 heterocycles. The Labute approximate surface area is 115 Å². The predicted octanol–water partition coefficient (Wildman–Crippen LogP) is 4.84. The minimum Gasteiger partial charge on any atom is -0.384 e. The predicted molar refractivity (Wildman–Crippen MR) is 82.8 cm³/mol. The minimum atomic E-state index is 0.594. The largest absolute Gasteiger partial charge is 0.384 e. The van der Waals surface area contributed by atoms with E-state index in [0.717, 1.165) is 6.54 Å². The lowest BCUT2D eigenvalue weighted by atomic mass is 9.93. The van der Waals surface area contributed by atoms with Crippen LogP contribution in [0.4, 0.5) is 5.69 Å². The van der Waals surface area contributed by atoms with Gasteiger partial charge < -0.3 is 5.32 Å². The van der Waals surface area contributed by atoms with Crippen molar-refractivity contribution in [2.45, 2.75) is 32.6 Å². The SMILES string of the molecule is CC(C)c1ccc(-c2cccc3c2NCCC3)cc1. The zero-order valence-electron chi connectivity index (χ0n) is 11.7. The van der Waals surface area contributed by atoms with Gasteiger partial charge >= 0.3 is 0 Å². The second-order valence-corrected chi connectivity index (χ2v) is 5.65. The maximum atomic E-state index is 3.57. The first kappa shape index (κ1) is 12.3. The van der Waals surface area contributed by atoms with Gasteiger partial charge in [-0.2, -0.15) is 0 Å². The van der Waals surface area contributed by atoms with Crippen molar-refractivity contribution in [1.29, 1.82) is 0 Å². The Bertz CT molecular complexity index is 567. The molecule has 0 spiro atoms. The maximum absolute atomic E-state index is 3.57. The van der Waals surface area contributed by atoms with Crippen molar-refractivity contribution >= 4 is 5.69 Å². The van der Waals surface area contributed by atoms with Crippen LogP contribution in [0.1, 0.15) is 37.3 Å². The summed E-state index contributed by atoms with van der Waals surface area (Å²) in [6.45, 7) is 5.57. The van der Waals surface area contributed by atoms with Crippen molar-refractivity contribution in [2.24, 2.45) is 0 Å². The zero-order chi connectivity index (χ0) is 13.2. The van der Waals surface area contributed by atoms with Gasteiger partial charge in [-0.05, 0) is 35.4 Å². The molecular weight excluding hydrogens is 230 g/mol. The second kappa shape index (κ2) is 5.08. The van der Waals surface area contributed by atoms with Gasteiger partial charge in [0.25, 0.3) is 0 Å². The van der Waals surface area contributed by atoms with Gasteiger partial charge in [-0.3, -0.25) is 0 Å². The fourth-order valence-corrected chi connectivity index (χ4v) is 2.80. The van der Waals surface area contributed by atoms with Crippen molar-refractivity contribution in [3.63, 3.8) is 0 Å². The van der Waals surface area contributed by atoms with E-state index in [1.54, 1.807) is 0 Å². The summed E-state index contributed by atoms with van der Waals surface area (Å²) >= 11 is 0. The molecule has 1 aliphatic heterocycles. The van der Waals surface area contributed by atoms with Gasteiger partial charge in [-0.15, -0.1) is 0 Å². The number of hydrogen-bond acceptors (Lipinski definition) is 1. The molecule has 0 aliphatic carbocycles. The van der Waals surface area contributed by atoms with Crippen LogP contribution in [-0.2, 0) is 6.42 Å². The van der Waals surface area contributed by atoms with Gasteiger partial charge in [0.15, 0.2) is 0 Å². The molecule has 3 rings (SSSR count). The average Bonchev–Trinajstić information content (AvgIpc) is 2.47. The molecule has 0 saturated carbocycles. The Hall–Kier alpha value is -1.76. The second-order valence-electron chi connectivity index (χ2n) is 5.65. The van der Waals surface area contributed by atoms with E-state index in [1.807, 2.05) is 0 Å². The Morgan fingerprint density at radius 2 is 1.79 bits per heavy atom. The van der Waals surface area contributed by atoms with E-state index in [2.05, 4.69) is 61.6 Å². The normalized spacial score (nSPS) is 14.1. The Kier molecular flexibility index (Phi) is 3.29. The molecule has 0 amide bonds. The Morgan fingerprint density at radius 3 is 2.53 bits per heavy atom. The molecule has 0 fully saturated rings. The van der Waals surface area contributed by atoms with Crippen LogP contribution in [0.25, 0.3) is 11.1 Å². The molecule has 0 atom stereocenters. The third kappa shape index (κ3) is 2.37. The van der Waals surface area contributed by atoms with Gasteiger partial charge in [-0.1, -0.05) is 56.3 Å². The van der Waals surface area contributed by atoms with Crippen LogP contribution in [-0.4, -0.2) is 6.54 Å². The van der Waals surface area contributed by atoms with E-state index in [4.69, 9.17) is 0 Å². The molecule has 0 bridgehead atoms. The fraction of sp³-hybridized carbons (Fsp3) is 0.333. The van der Waals surface area contributed by atoms with Crippen molar-refractivity contribution in [1.82, 2.24) is 0 Å². The standard InChI is InChI=1S/C18H21N/c1-13(2)14-8-10-15(11-9-14)17-7-3-5-16-6-4-12-19-18(16)17/h3,5,7-11,13,19H,4,6,12H2,1-2H3. The molecule has 0 radical (unpaired) electrons. The molecule has 1 heteroatoms. The summed E-state index contributed by atoms with van der Waals surface area (Å²) < 4.78 is 0. The highest BCUT2D eigenvalue weighted by Gasteiger charge is 2.13. The van der Waals surface area contributed by atoms with Crippen molar-refractivity contribution in [2.75, 3.05) is 11.9 Å². The molecular formula is C18H21N. The summed E-state index contributed by atoms with van der Waals surface area (Å²) in [4.78, 5) is 0. The van der Waals surface area contributed by atoms with Crippen LogP contribution in [0, 0.1) is 0 Å². The fourth-order valence-electron chi connectivity index (χ4n) is 2.80. The van der Waals surface area contributed by atoms with Gasteiger partial charge in [0, 0.05) is 17.8 Å². The summed E-state index contributed by atoms with van der Waals surface area (Å²) in [5.74, 6) is 0.594. The average molecular weight is 251 g/mol. The van der Waals surface area contributed by atoms with Gasteiger partial charge in [0.2, 0.25) is 0 Å². The number of anilines is 1. The first-order chi connectivity index (χ1) is 9.25. The van der Waals surface area contributed by atoms with Gasteiger partial charge in [0.05, 0.1) is 0 Å². The van der Waals surface area contributed by atoms with Crippen molar-refractivity contribution in [3.8, 4) is 11.1 Å². The third-order valence-corrected chi connectivity index (χ3v) is 3.96. The number of aryl methyl sites for hydroxylation is 1. The van der Waals surface area contributed by atoms with Crippen LogP contribution in [0.3, 0.4) is 0 Å². The zero-order valence-corrected chi connectivity index (χ0v) is 11.7. The van der Waals surface area contributed by atoms with Gasteiger partial charge in [0.1, 0.15) is 0 Å². The van der Waals surface area contributed by atoms with Crippen LogP contribution in [0.5, 0.6) is 0 Å². The molecule has 1 N–H and O–H groups in total. The molecule has 2 aromatic carbocycles. The van der Waals surface area contributed by atoms with Crippen LogP contribution in [0.2, 0.25) is 0 Å². The first-order valence-electron chi connectivity index (χ1n) is 7.22. The number of rotatable bonds is 2. The number of benzene rings is 2. The van der Waals surface area contributed by atoms with Gasteiger partial charge in [-0.25, -0.2) is 0 Å². The third-order valence-electron chi connectivity index (χ3n) is 3.96. The topological polar surface area (TPSA) is 12.0 Å². The first-order valence-corrected chi connectivity index (χ1v) is 7.22. The molecule has 2 aromatic rings. The molecule has 1 nitrogen and oxygen atoms in total. The summed E-state index contributed by atoms with van der Waals surface area (Å²) in [7, 11) is 0. The Morgan fingerprint density at radius 1 is 1.00 bits per heavy atom. The highest BCUT2D eigenvalue weighted by Crippen LogP contribution is 2.34. The monoisotopic (exact) mass is 251 g/mol. The smallest absolute Gasteiger partial charge is 0.0452 e. The van der Waals surface area contributed by atoms with Crippen LogP contribution >= 0.6 is 0 Å². The minimum absolute atomic E-state index is 0.594. The molecule has 0 saturated heterocycles. The number of para-hydroxylation sites is 1. The molecule has 0 aromatic heterocycles.